The Bertz CT molecular complexity index is 640. The highest BCUT2D eigenvalue weighted by molar-refractivity contribution is 5.95. The van der Waals surface area contributed by atoms with E-state index in [4.69, 9.17) is 0 Å². The van der Waals surface area contributed by atoms with Gasteiger partial charge in [0, 0.05) is 6.42 Å². The number of Topliss-reactive ketones (excluding diaryl/α,β-unsaturated/α-hetero) is 1. The maximum Gasteiger partial charge on any atom is 0.156 e. The lowest BCUT2D eigenvalue weighted by Crippen LogP contribution is -2.50. The van der Waals surface area contributed by atoms with Crippen LogP contribution >= 0.6 is 0 Å². The molecule has 0 amide bonds. The van der Waals surface area contributed by atoms with Crippen LogP contribution in [-0.4, -0.2) is 11.6 Å². The zero-order valence-corrected chi connectivity index (χ0v) is 14.7. The molecule has 0 heterocycles. The first kappa shape index (κ1) is 15.4. The molecule has 0 bridgehead atoms. The Morgan fingerprint density at radius 3 is 2.61 bits per heavy atom. The fourth-order valence-corrected chi connectivity index (χ4v) is 6.67. The van der Waals surface area contributed by atoms with E-state index in [1.54, 1.807) is 6.92 Å². The molecule has 23 heavy (non-hydrogen) atoms. The van der Waals surface area contributed by atoms with Crippen LogP contribution in [0.15, 0.2) is 23.3 Å². The SMILES string of the molecule is CC(=O)C1=CC[C@H]2[C@@H]3CCC4=CC(=O)CC[C@]4(C)[C@H]3CC[C@]12C. The first-order chi connectivity index (χ1) is 10.9. The van der Waals surface area contributed by atoms with E-state index in [-0.39, 0.29) is 16.6 Å². The van der Waals surface area contributed by atoms with E-state index in [2.05, 4.69) is 19.9 Å². The lowest BCUT2D eigenvalue weighted by atomic mass is 9.47. The number of carbonyl (C=O) groups is 2. The molecule has 0 unspecified atom stereocenters. The lowest BCUT2D eigenvalue weighted by Gasteiger charge is -2.57. The fraction of sp³-hybridized carbons (Fsp3) is 0.714. The molecule has 0 radical (unpaired) electrons. The van der Waals surface area contributed by atoms with Crippen molar-refractivity contribution < 1.29 is 9.59 Å². The number of fused-ring (bicyclic) bond motifs is 5. The molecule has 4 aliphatic rings. The molecule has 0 N–H and O–H groups in total. The second-order valence-electron chi connectivity index (χ2n) is 8.83. The number of hydrogen-bond donors (Lipinski definition) is 0. The number of allylic oxidation sites excluding steroid dienone is 4. The van der Waals surface area contributed by atoms with Crippen LogP contribution < -0.4 is 0 Å². The standard InChI is InChI=1S/C21H28O2/c1-13(22)17-6-7-18-16-5-4-14-12-15(23)8-10-20(14,2)19(16)9-11-21(17,18)3/h6,12,16,18-19H,4-5,7-11H2,1-3H3/t16-,18-,19-,20-,21+/m0/s1. The Hall–Kier alpha value is -1.18. The van der Waals surface area contributed by atoms with E-state index >= 15 is 0 Å². The predicted molar refractivity (Wildman–Crippen MR) is 90.9 cm³/mol. The zero-order chi connectivity index (χ0) is 16.4. The van der Waals surface area contributed by atoms with Crippen LogP contribution in [0.25, 0.3) is 0 Å². The van der Waals surface area contributed by atoms with Crippen molar-refractivity contribution in [3.8, 4) is 0 Å². The largest absolute Gasteiger partial charge is 0.295 e. The molecular formula is C21H28O2. The Kier molecular flexibility index (Phi) is 3.28. The maximum absolute atomic E-state index is 12.1. The zero-order valence-electron chi connectivity index (χ0n) is 14.7. The quantitative estimate of drug-likeness (QED) is 0.706. The first-order valence-electron chi connectivity index (χ1n) is 9.32. The molecular weight excluding hydrogens is 284 g/mol. The normalized spacial score (nSPS) is 45.5. The van der Waals surface area contributed by atoms with Crippen LogP contribution in [0.1, 0.15) is 65.7 Å². The van der Waals surface area contributed by atoms with Gasteiger partial charge in [-0.05, 0) is 85.7 Å². The van der Waals surface area contributed by atoms with Crippen molar-refractivity contribution >= 4 is 11.6 Å². The summed E-state index contributed by atoms with van der Waals surface area (Å²) in [4.78, 5) is 23.9. The molecule has 0 aromatic rings. The van der Waals surface area contributed by atoms with E-state index in [9.17, 15) is 9.59 Å². The van der Waals surface area contributed by atoms with Crippen LogP contribution in [-0.2, 0) is 9.59 Å². The van der Waals surface area contributed by atoms with Crippen molar-refractivity contribution in [1.82, 2.24) is 0 Å². The fourth-order valence-electron chi connectivity index (χ4n) is 6.67. The van der Waals surface area contributed by atoms with Gasteiger partial charge in [-0.15, -0.1) is 0 Å². The molecule has 0 aromatic carbocycles. The topological polar surface area (TPSA) is 34.1 Å². The average Bonchev–Trinajstić information content (AvgIpc) is 2.85. The van der Waals surface area contributed by atoms with Crippen molar-refractivity contribution in [2.24, 2.45) is 28.6 Å². The Morgan fingerprint density at radius 1 is 1.09 bits per heavy atom. The van der Waals surface area contributed by atoms with E-state index in [1.165, 1.54) is 18.4 Å². The number of hydrogen-bond acceptors (Lipinski definition) is 2. The van der Waals surface area contributed by atoms with Gasteiger partial charge < -0.3 is 0 Å². The highest BCUT2D eigenvalue weighted by atomic mass is 16.1. The summed E-state index contributed by atoms with van der Waals surface area (Å²) in [6, 6.07) is 0. The molecule has 2 fully saturated rings. The van der Waals surface area contributed by atoms with Crippen molar-refractivity contribution in [3.63, 3.8) is 0 Å². The third-order valence-electron chi connectivity index (χ3n) is 7.92. The second-order valence-corrected chi connectivity index (χ2v) is 8.83. The molecule has 0 aliphatic heterocycles. The van der Waals surface area contributed by atoms with Crippen molar-refractivity contribution in [3.05, 3.63) is 23.3 Å². The van der Waals surface area contributed by atoms with Crippen LogP contribution in [0.4, 0.5) is 0 Å². The summed E-state index contributed by atoms with van der Waals surface area (Å²) in [6.07, 6.45) is 11.7. The van der Waals surface area contributed by atoms with Gasteiger partial charge in [0.05, 0.1) is 0 Å². The summed E-state index contributed by atoms with van der Waals surface area (Å²) >= 11 is 0. The molecule has 4 aliphatic carbocycles. The minimum atomic E-state index is 0.106. The molecule has 2 heteroatoms. The van der Waals surface area contributed by atoms with Gasteiger partial charge in [0.2, 0.25) is 0 Å². The third kappa shape index (κ3) is 1.99. The first-order valence-corrected chi connectivity index (χ1v) is 9.32. The van der Waals surface area contributed by atoms with E-state index in [0.717, 1.165) is 43.6 Å². The summed E-state index contributed by atoms with van der Waals surface area (Å²) in [5.74, 6) is 2.67. The van der Waals surface area contributed by atoms with Gasteiger partial charge in [-0.1, -0.05) is 25.5 Å². The molecule has 5 atom stereocenters. The lowest BCUT2D eigenvalue weighted by molar-refractivity contribution is -0.118. The summed E-state index contributed by atoms with van der Waals surface area (Å²) < 4.78 is 0. The highest BCUT2D eigenvalue weighted by Gasteiger charge is 2.57. The molecule has 124 valence electrons. The Balaban J connectivity index is 1.68. The predicted octanol–water partition coefficient (Wildman–Crippen LogP) is 4.64. The van der Waals surface area contributed by atoms with Crippen LogP contribution in [0, 0.1) is 28.6 Å². The van der Waals surface area contributed by atoms with Crippen LogP contribution in [0.3, 0.4) is 0 Å². The summed E-state index contributed by atoms with van der Waals surface area (Å²) in [5, 5.41) is 0. The maximum atomic E-state index is 12.1. The van der Waals surface area contributed by atoms with Gasteiger partial charge in [0.15, 0.2) is 11.6 Å². The third-order valence-corrected chi connectivity index (χ3v) is 7.92. The summed E-state index contributed by atoms with van der Waals surface area (Å²) in [7, 11) is 0. The molecule has 0 saturated heterocycles. The molecule has 2 saturated carbocycles. The second kappa shape index (κ2) is 4.91. The minimum absolute atomic E-state index is 0.106. The van der Waals surface area contributed by atoms with E-state index in [0.29, 0.717) is 17.6 Å². The Morgan fingerprint density at radius 2 is 1.87 bits per heavy atom. The van der Waals surface area contributed by atoms with Crippen LogP contribution in [0.2, 0.25) is 0 Å². The number of rotatable bonds is 1. The van der Waals surface area contributed by atoms with E-state index < -0.39 is 0 Å². The van der Waals surface area contributed by atoms with Gasteiger partial charge in [0.25, 0.3) is 0 Å². The summed E-state index contributed by atoms with van der Waals surface area (Å²) in [5.41, 5.74) is 2.87. The Labute approximate surface area is 139 Å². The number of carbonyl (C=O) groups excluding carboxylic acids is 2. The van der Waals surface area contributed by atoms with Gasteiger partial charge in [0.1, 0.15) is 0 Å². The monoisotopic (exact) mass is 312 g/mol. The van der Waals surface area contributed by atoms with Gasteiger partial charge >= 0.3 is 0 Å². The molecule has 0 spiro atoms. The molecule has 0 aromatic heterocycles. The highest BCUT2D eigenvalue weighted by Crippen LogP contribution is 2.65. The van der Waals surface area contributed by atoms with Crippen LogP contribution in [0.5, 0.6) is 0 Å². The van der Waals surface area contributed by atoms with Crippen molar-refractivity contribution in [1.29, 1.82) is 0 Å². The minimum Gasteiger partial charge on any atom is -0.295 e. The smallest absolute Gasteiger partial charge is 0.156 e. The van der Waals surface area contributed by atoms with E-state index in [1.807, 2.05) is 6.08 Å². The van der Waals surface area contributed by atoms with Crippen molar-refractivity contribution in [2.45, 2.75) is 65.7 Å². The molecule has 2 nitrogen and oxygen atoms in total. The van der Waals surface area contributed by atoms with Gasteiger partial charge in [-0.2, -0.15) is 0 Å². The average molecular weight is 312 g/mol. The van der Waals surface area contributed by atoms with Gasteiger partial charge in [-0.3, -0.25) is 9.59 Å². The molecule has 4 rings (SSSR count). The van der Waals surface area contributed by atoms with Gasteiger partial charge in [-0.25, -0.2) is 0 Å². The number of ketones is 2. The van der Waals surface area contributed by atoms with Crippen molar-refractivity contribution in [2.75, 3.05) is 0 Å². The summed E-state index contributed by atoms with van der Waals surface area (Å²) in [6.45, 7) is 6.49.